The van der Waals surface area contributed by atoms with Gasteiger partial charge in [0.15, 0.2) is 12.4 Å². The maximum absolute atomic E-state index is 12.3. The van der Waals surface area contributed by atoms with Gasteiger partial charge in [0.05, 0.1) is 20.3 Å². The van der Waals surface area contributed by atoms with Gasteiger partial charge < -0.3 is 19.5 Å². The molecule has 0 fully saturated rings. The van der Waals surface area contributed by atoms with Crippen LogP contribution in [-0.4, -0.2) is 38.5 Å². The first-order valence-corrected chi connectivity index (χ1v) is 9.60. The van der Waals surface area contributed by atoms with Crippen molar-refractivity contribution in [2.75, 3.05) is 20.8 Å². The van der Waals surface area contributed by atoms with E-state index in [1.165, 1.54) is 6.92 Å². The summed E-state index contributed by atoms with van der Waals surface area (Å²) < 4.78 is 15.5. The Bertz CT molecular complexity index is 869. The molecule has 0 bridgehead atoms. The van der Waals surface area contributed by atoms with E-state index in [-0.39, 0.29) is 30.8 Å². The van der Waals surface area contributed by atoms with Crippen LogP contribution in [0.15, 0.2) is 42.5 Å². The van der Waals surface area contributed by atoms with Crippen molar-refractivity contribution in [3.05, 3.63) is 59.2 Å². The SMILES string of the molecule is COc1cc(CCC(=O)OCC(=O)c2ccc([C@H](C)NC(C)=O)cc2)cc(OC)c1. The van der Waals surface area contributed by atoms with E-state index in [0.29, 0.717) is 23.5 Å². The van der Waals surface area contributed by atoms with E-state index in [1.807, 2.05) is 19.1 Å². The molecular weight excluding hydrogens is 386 g/mol. The monoisotopic (exact) mass is 413 g/mol. The zero-order valence-electron chi connectivity index (χ0n) is 17.7. The first-order chi connectivity index (χ1) is 14.3. The molecule has 2 rings (SSSR count). The molecule has 2 aromatic carbocycles. The number of esters is 1. The minimum atomic E-state index is -0.457. The number of ketones is 1. The molecule has 1 atom stereocenters. The second kappa shape index (κ2) is 11.0. The van der Waals surface area contributed by atoms with Crippen LogP contribution in [0.1, 0.15) is 47.8 Å². The van der Waals surface area contributed by atoms with Crippen LogP contribution in [-0.2, 0) is 20.7 Å². The van der Waals surface area contributed by atoms with Crippen LogP contribution in [0, 0.1) is 0 Å². The smallest absolute Gasteiger partial charge is 0.306 e. The highest BCUT2D eigenvalue weighted by Crippen LogP contribution is 2.23. The van der Waals surface area contributed by atoms with Gasteiger partial charge in [0.1, 0.15) is 11.5 Å². The maximum Gasteiger partial charge on any atom is 0.306 e. The highest BCUT2D eigenvalue weighted by atomic mass is 16.5. The maximum atomic E-state index is 12.3. The molecule has 2 aromatic rings. The number of methoxy groups -OCH3 is 2. The fourth-order valence-electron chi connectivity index (χ4n) is 2.90. The molecule has 0 spiro atoms. The highest BCUT2D eigenvalue weighted by Gasteiger charge is 2.12. The van der Waals surface area contributed by atoms with Crippen LogP contribution < -0.4 is 14.8 Å². The van der Waals surface area contributed by atoms with Crippen molar-refractivity contribution in [3.8, 4) is 11.5 Å². The number of amides is 1. The van der Waals surface area contributed by atoms with Gasteiger partial charge in [-0.1, -0.05) is 24.3 Å². The Kier molecular flexibility index (Phi) is 8.41. The van der Waals surface area contributed by atoms with Crippen molar-refractivity contribution < 1.29 is 28.6 Å². The second-order valence-corrected chi connectivity index (χ2v) is 6.85. The van der Waals surface area contributed by atoms with Gasteiger partial charge in [-0.15, -0.1) is 0 Å². The van der Waals surface area contributed by atoms with E-state index in [0.717, 1.165) is 11.1 Å². The number of rotatable bonds is 10. The van der Waals surface area contributed by atoms with Crippen molar-refractivity contribution in [2.45, 2.75) is 32.7 Å². The number of nitrogens with one attached hydrogen (secondary N) is 1. The largest absolute Gasteiger partial charge is 0.497 e. The Morgan fingerprint density at radius 2 is 1.57 bits per heavy atom. The lowest BCUT2D eigenvalue weighted by Crippen LogP contribution is -2.23. The molecule has 1 amide bonds. The van der Waals surface area contributed by atoms with Gasteiger partial charge in [-0.3, -0.25) is 14.4 Å². The fourth-order valence-corrected chi connectivity index (χ4v) is 2.90. The van der Waals surface area contributed by atoms with Crippen LogP contribution in [0.2, 0.25) is 0 Å². The van der Waals surface area contributed by atoms with Gasteiger partial charge in [0.2, 0.25) is 5.91 Å². The quantitative estimate of drug-likeness (QED) is 0.475. The molecule has 0 aliphatic rings. The van der Waals surface area contributed by atoms with Gasteiger partial charge in [0, 0.05) is 25.0 Å². The Hall–Kier alpha value is -3.35. The minimum absolute atomic E-state index is 0.123. The molecule has 0 saturated heterocycles. The van der Waals surface area contributed by atoms with Crippen molar-refractivity contribution >= 4 is 17.7 Å². The minimum Gasteiger partial charge on any atom is -0.497 e. The lowest BCUT2D eigenvalue weighted by Gasteiger charge is -2.13. The summed E-state index contributed by atoms with van der Waals surface area (Å²) in [6, 6.07) is 12.1. The van der Waals surface area contributed by atoms with E-state index in [2.05, 4.69) is 5.32 Å². The van der Waals surface area contributed by atoms with Crippen molar-refractivity contribution in [1.82, 2.24) is 5.32 Å². The average Bonchev–Trinajstić information content (AvgIpc) is 2.75. The molecule has 30 heavy (non-hydrogen) atoms. The number of hydrogen-bond donors (Lipinski definition) is 1. The predicted molar refractivity (Wildman–Crippen MR) is 112 cm³/mol. The zero-order valence-corrected chi connectivity index (χ0v) is 17.7. The third-order valence-electron chi connectivity index (χ3n) is 4.55. The second-order valence-electron chi connectivity index (χ2n) is 6.85. The summed E-state index contributed by atoms with van der Waals surface area (Å²) in [6.07, 6.45) is 0.576. The molecule has 0 radical (unpaired) electrons. The summed E-state index contributed by atoms with van der Waals surface area (Å²) in [6.45, 7) is 2.99. The van der Waals surface area contributed by atoms with E-state index >= 15 is 0 Å². The van der Waals surface area contributed by atoms with Gasteiger partial charge in [-0.05, 0) is 36.6 Å². The summed E-state index contributed by atoms with van der Waals surface area (Å²) >= 11 is 0. The van der Waals surface area contributed by atoms with Gasteiger partial charge in [-0.2, -0.15) is 0 Å². The lowest BCUT2D eigenvalue weighted by atomic mass is 10.0. The van der Waals surface area contributed by atoms with Gasteiger partial charge in [-0.25, -0.2) is 0 Å². The predicted octanol–water partition coefficient (Wildman–Crippen LogP) is 3.26. The van der Waals surface area contributed by atoms with Crippen LogP contribution in [0.5, 0.6) is 11.5 Å². The lowest BCUT2D eigenvalue weighted by molar-refractivity contribution is -0.142. The van der Waals surface area contributed by atoms with Crippen LogP contribution in [0.4, 0.5) is 0 Å². The summed E-state index contributed by atoms with van der Waals surface area (Å²) in [5.41, 5.74) is 2.20. The molecule has 0 aromatic heterocycles. The number of carbonyl (C=O) groups excluding carboxylic acids is 3. The summed E-state index contributed by atoms with van der Waals surface area (Å²) in [5.74, 6) is 0.418. The molecule has 160 valence electrons. The molecular formula is C23H27NO6. The molecule has 0 aliphatic heterocycles. The normalized spacial score (nSPS) is 11.3. The number of benzene rings is 2. The Balaban J connectivity index is 1.84. The van der Waals surface area contributed by atoms with Crippen molar-refractivity contribution in [2.24, 2.45) is 0 Å². The van der Waals surface area contributed by atoms with Crippen LogP contribution >= 0.6 is 0 Å². The number of aryl methyl sites for hydroxylation is 1. The number of hydrogen-bond acceptors (Lipinski definition) is 6. The summed E-state index contributed by atoms with van der Waals surface area (Å²) in [7, 11) is 3.12. The third-order valence-corrected chi connectivity index (χ3v) is 4.55. The van der Waals surface area contributed by atoms with Gasteiger partial charge >= 0.3 is 5.97 Å². The van der Waals surface area contributed by atoms with Crippen LogP contribution in [0.25, 0.3) is 0 Å². The molecule has 0 saturated carbocycles. The Morgan fingerprint density at radius 3 is 2.10 bits per heavy atom. The van der Waals surface area contributed by atoms with Gasteiger partial charge in [0.25, 0.3) is 0 Å². The van der Waals surface area contributed by atoms with E-state index in [4.69, 9.17) is 14.2 Å². The molecule has 1 N–H and O–H groups in total. The average molecular weight is 413 g/mol. The number of carbonyl (C=O) groups is 3. The first-order valence-electron chi connectivity index (χ1n) is 9.60. The molecule has 0 aliphatic carbocycles. The molecule has 0 unspecified atom stereocenters. The fraction of sp³-hybridized carbons (Fsp3) is 0.348. The zero-order chi connectivity index (χ0) is 22.1. The van der Waals surface area contributed by atoms with Crippen molar-refractivity contribution in [3.63, 3.8) is 0 Å². The standard InChI is InChI=1S/C23H27NO6/c1-15(24-16(2)25)18-6-8-19(9-7-18)22(26)14-30-23(27)10-5-17-11-20(28-3)13-21(12-17)29-4/h6-9,11-13,15H,5,10,14H2,1-4H3,(H,24,25)/t15-/m0/s1. The van der Waals surface area contributed by atoms with E-state index < -0.39 is 5.97 Å². The Morgan fingerprint density at radius 1 is 0.967 bits per heavy atom. The Labute approximate surface area is 176 Å². The van der Waals surface area contributed by atoms with E-state index in [9.17, 15) is 14.4 Å². The third kappa shape index (κ3) is 6.92. The summed E-state index contributed by atoms with van der Waals surface area (Å²) in [4.78, 5) is 35.4. The topological polar surface area (TPSA) is 90.9 Å². The van der Waals surface area contributed by atoms with E-state index in [1.54, 1.807) is 44.6 Å². The molecule has 0 heterocycles. The molecule has 7 nitrogen and oxygen atoms in total. The molecule has 7 heteroatoms. The number of Topliss-reactive ketones (excluding diaryl/α,β-unsaturated/α-hetero) is 1. The highest BCUT2D eigenvalue weighted by molar-refractivity contribution is 5.98. The van der Waals surface area contributed by atoms with Crippen molar-refractivity contribution in [1.29, 1.82) is 0 Å². The summed E-state index contributed by atoms with van der Waals surface area (Å²) in [5, 5.41) is 2.78. The first kappa shape index (κ1) is 22.9. The number of ether oxygens (including phenoxy) is 3. The van der Waals surface area contributed by atoms with Crippen LogP contribution in [0.3, 0.4) is 0 Å².